The predicted molar refractivity (Wildman–Crippen MR) is 92.8 cm³/mol. The summed E-state index contributed by atoms with van der Waals surface area (Å²) >= 11 is 6.06. The lowest BCUT2D eigenvalue weighted by Crippen LogP contribution is -2.38. The third-order valence-corrected chi connectivity index (χ3v) is 4.11. The number of para-hydroxylation sites is 1. The van der Waals surface area contributed by atoms with Crippen LogP contribution in [0.5, 0.6) is 5.75 Å². The van der Waals surface area contributed by atoms with Gasteiger partial charge in [0.15, 0.2) is 0 Å². The molecule has 0 unspecified atom stereocenters. The fourth-order valence-electron chi connectivity index (χ4n) is 2.60. The first kappa shape index (κ1) is 16.3. The van der Waals surface area contributed by atoms with E-state index in [2.05, 4.69) is 5.32 Å². The number of hydrogen-bond acceptors (Lipinski definition) is 3. The predicted octanol–water partition coefficient (Wildman–Crippen LogP) is 2.80. The average Bonchev–Trinajstić information content (AvgIpc) is 2.68. The Morgan fingerprint density at radius 3 is 2.79 bits per heavy atom. The number of halogens is 1. The largest absolute Gasteiger partial charge is 0.490 e. The highest BCUT2D eigenvalue weighted by atomic mass is 35.5. The molecular weight excluding hydrogens is 328 g/mol. The first-order valence-electron chi connectivity index (χ1n) is 7.63. The van der Waals surface area contributed by atoms with Gasteiger partial charge in [-0.25, -0.2) is 0 Å². The summed E-state index contributed by atoms with van der Waals surface area (Å²) in [6.07, 6.45) is 0. The van der Waals surface area contributed by atoms with Crippen molar-refractivity contribution in [1.29, 1.82) is 0 Å². The van der Waals surface area contributed by atoms with Gasteiger partial charge in [0, 0.05) is 0 Å². The first-order valence-corrected chi connectivity index (χ1v) is 8.00. The summed E-state index contributed by atoms with van der Waals surface area (Å²) < 4.78 is 5.66. The lowest BCUT2D eigenvalue weighted by atomic mass is 10.1. The maximum atomic E-state index is 12.3. The summed E-state index contributed by atoms with van der Waals surface area (Å²) in [5, 5.41) is 3.15. The fourth-order valence-corrected chi connectivity index (χ4v) is 2.79. The molecule has 0 fully saturated rings. The van der Waals surface area contributed by atoms with Crippen LogP contribution in [-0.4, -0.2) is 31.5 Å². The highest BCUT2D eigenvalue weighted by Crippen LogP contribution is 2.25. The van der Waals surface area contributed by atoms with Gasteiger partial charge in [0.1, 0.15) is 12.4 Å². The molecule has 3 rings (SSSR count). The second kappa shape index (κ2) is 6.93. The first-order chi connectivity index (χ1) is 11.6. The van der Waals surface area contributed by atoms with Crippen molar-refractivity contribution >= 4 is 29.1 Å². The molecule has 1 N–H and O–H groups in total. The number of aryl methyl sites for hydroxylation is 1. The number of benzene rings is 2. The van der Waals surface area contributed by atoms with Crippen LogP contribution >= 0.6 is 11.6 Å². The van der Waals surface area contributed by atoms with Gasteiger partial charge in [0.05, 0.1) is 29.4 Å². The average molecular weight is 345 g/mol. The van der Waals surface area contributed by atoms with Gasteiger partial charge in [-0.2, -0.15) is 0 Å². The Morgan fingerprint density at radius 2 is 2.00 bits per heavy atom. The van der Waals surface area contributed by atoms with Crippen molar-refractivity contribution in [3.8, 4) is 5.75 Å². The van der Waals surface area contributed by atoms with Crippen LogP contribution in [0.3, 0.4) is 0 Å². The van der Waals surface area contributed by atoms with Gasteiger partial charge in [0.25, 0.3) is 5.91 Å². The Morgan fingerprint density at radius 1 is 1.21 bits per heavy atom. The highest BCUT2D eigenvalue weighted by Gasteiger charge is 2.26. The van der Waals surface area contributed by atoms with E-state index in [-0.39, 0.29) is 25.0 Å². The summed E-state index contributed by atoms with van der Waals surface area (Å²) in [7, 11) is 0. The molecular formula is C18H17ClN2O3. The quantitative estimate of drug-likeness (QED) is 0.927. The van der Waals surface area contributed by atoms with Crippen LogP contribution < -0.4 is 15.0 Å². The van der Waals surface area contributed by atoms with E-state index >= 15 is 0 Å². The monoisotopic (exact) mass is 344 g/mol. The molecule has 0 spiro atoms. The lowest BCUT2D eigenvalue weighted by Gasteiger charge is -2.22. The second-order valence-electron chi connectivity index (χ2n) is 5.53. The van der Waals surface area contributed by atoms with Gasteiger partial charge in [-0.05, 0) is 31.2 Å². The summed E-state index contributed by atoms with van der Waals surface area (Å²) in [6.45, 7) is 2.48. The van der Waals surface area contributed by atoms with Crippen LogP contribution in [0.4, 0.5) is 5.69 Å². The van der Waals surface area contributed by atoms with Crippen LogP contribution in [-0.2, 0) is 4.79 Å². The van der Waals surface area contributed by atoms with E-state index in [0.29, 0.717) is 28.6 Å². The summed E-state index contributed by atoms with van der Waals surface area (Å²) in [4.78, 5) is 26.1. The minimum absolute atomic E-state index is 0.0291. The number of ether oxygens (including phenoxy) is 1. The molecule has 1 aliphatic heterocycles. The number of rotatable bonds is 4. The summed E-state index contributed by atoms with van der Waals surface area (Å²) in [5.41, 5.74) is 2.06. The second-order valence-corrected chi connectivity index (χ2v) is 5.93. The smallest absolute Gasteiger partial charge is 0.253 e. The molecule has 0 aliphatic carbocycles. The maximum Gasteiger partial charge on any atom is 0.253 e. The van der Waals surface area contributed by atoms with Crippen molar-refractivity contribution in [3.05, 3.63) is 58.6 Å². The van der Waals surface area contributed by atoms with Crippen molar-refractivity contribution in [1.82, 2.24) is 5.32 Å². The van der Waals surface area contributed by atoms with Crippen molar-refractivity contribution < 1.29 is 14.3 Å². The van der Waals surface area contributed by atoms with Crippen LogP contribution in [0, 0.1) is 6.92 Å². The number of anilines is 1. The van der Waals surface area contributed by atoms with Gasteiger partial charge in [-0.3, -0.25) is 9.59 Å². The molecule has 2 amide bonds. The molecule has 0 saturated heterocycles. The van der Waals surface area contributed by atoms with Gasteiger partial charge >= 0.3 is 0 Å². The fraction of sp³-hybridized carbons (Fsp3) is 0.222. The van der Waals surface area contributed by atoms with E-state index < -0.39 is 0 Å². The summed E-state index contributed by atoms with van der Waals surface area (Å²) in [5.74, 6) is 0.157. The zero-order valence-electron chi connectivity index (χ0n) is 13.2. The van der Waals surface area contributed by atoms with Crippen molar-refractivity contribution in [3.63, 3.8) is 0 Å². The molecule has 124 valence electrons. The molecule has 0 bridgehead atoms. The summed E-state index contributed by atoms with van der Waals surface area (Å²) in [6, 6.07) is 12.6. The third kappa shape index (κ3) is 3.36. The SMILES string of the molecule is Cc1ccc2c(c1)C(=O)NCC(=O)N2CCOc1ccccc1Cl. The van der Waals surface area contributed by atoms with E-state index in [9.17, 15) is 9.59 Å². The topological polar surface area (TPSA) is 58.6 Å². The van der Waals surface area contributed by atoms with Gasteiger partial charge in [-0.1, -0.05) is 35.4 Å². The zero-order chi connectivity index (χ0) is 17.1. The highest BCUT2D eigenvalue weighted by molar-refractivity contribution is 6.32. The van der Waals surface area contributed by atoms with E-state index in [0.717, 1.165) is 5.56 Å². The van der Waals surface area contributed by atoms with Gasteiger partial charge < -0.3 is 15.0 Å². The number of carbonyl (C=O) groups is 2. The molecule has 0 aromatic heterocycles. The lowest BCUT2D eigenvalue weighted by molar-refractivity contribution is -0.117. The maximum absolute atomic E-state index is 12.3. The Balaban J connectivity index is 1.79. The Kier molecular flexibility index (Phi) is 4.71. The number of nitrogens with zero attached hydrogens (tertiary/aromatic N) is 1. The van der Waals surface area contributed by atoms with Crippen LogP contribution in [0.1, 0.15) is 15.9 Å². The van der Waals surface area contributed by atoms with E-state index in [1.807, 2.05) is 25.1 Å². The molecule has 0 atom stereocenters. The van der Waals surface area contributed by atoms with Crippen molar-refractivity contribution in [2.24, 2.45) is 0 Å². The van der Waals surface area contributed by atoms with Crippen molar-refractivity contribution in [2.75, 3.05) is 24.6 Å². The Labute approximate surface area is 145 Å². The molecule has 2 aromatic rings. The number of nitrogens with one attached hydrogen (secondary N) is 1. The van der Waals surface area contributed by atoms with Gasteiger partial charge in [0.2, 0.25) is 5.91 Å². The van der Waals surface area contributed by atoms with E-state index in [1.54, 1.807) is 29.2 Å². The molecule has 1 aliphatic rings. The Bertz CT molecular complexity index is 792. The normalized spacial score (nSPS) is 14.0. The van der Waals surface area contributed by atoms with Crippen LogP contribution in [0.15, 0.2) is 42.5 Å². The number of amides is 2. The Hall–Kier alpha value is -2.53. The zero-order valence-corrected chi connectivity index (χ0v) is 14.0. The standard InChI is InChI=1S/C18H17ClN2O3/c1-12-6-7-15-13(10-12)18(23)20-11-17(22)21(15)8-9-24-16-5-3-2-4-14(16)19/h2-7,10H,8-9,11H2,1H3,(H,20,23). The molecule has 6 heteroatoms. The minimum Gasteiger partial charge on any atom is -0.490 e. The van der Waals surface area contributed by atoms with Crippen LogP contribution in [0.2, 0.25) is 5.02 Å². The molecule has 2 aromatic carbocycles. The number of fused-ring (bicyclic) bond motifs is 1. The van der Waals surface area contributed by atoms with Crippen molar-refractivity contribution in [2.45, 2.75) is 6.92 Å². The molecule has 5 nitrogen and oxygen atoms in total. The molecule has 0 saturated carbocycles. The number of hydrogen-bond donors (Lipinski definition) is 1. The molecule has 24 heavy (non-hydrogen) atoms. The van der Waals surface area contributed by atoms with Crippen LogP contribution in [0.25, 0.3) is 0 Å². The molecule has 1 heterocycles. The number of carbonyl (C=O) groups excluding carboxylic acids is 2. The van der Waals surface area contributed by atoms with Gasteiger partial charge in [-0.15, -0.1) is 0 Å². The molecule has 0 radical (unpaired) electrons. The third-order valence-electron chi connectivity index (χ3n) is 3.80. The van der Waals surface area contributed by atoms with E-state index in [4.69, 9.17) is 16.3 Å². The van der Waals surface area contributed by atoms with E-state index in [1.165, 1.54) is 0 Å². The minimum atomic E-state index is -0.239.